The summed E-state index contributed by atoms with van der Waals surface area (Å²) < 4.78 is 5.72. The Morgan fingerprint density at radius 2 is 1.80 bits per heavy atom. The van der Waals surface area contributed by atoms with Crippen molar-refractivity contribution in [2.24, 2.45) is 0 Å². The van der Waals surface area contributed by atoms with Crippen molar-refractivity contribution in [1.29, 1.82) is 0 Å². The highest BCUT2D eigenvalue weighted by atomic mass is 16.5. The SMILES string of the molecule is C[C@@H]1CN(CCNC(=O)c2cnc(-c3ccccc3)nc2)C[C@H](C)O1. The van der Waals surface area contributed by atoms with Crippen LogP contribution >= 0.6 is 0 Å². The molecule has 1 amide bonds. The summed E-state index contributed by atoms with van der Waals surface area (Å²) in [7, 11) is 0. The lowest BCUT2D eigenvalue weighted by Crippen LogP contribution is -2.47. The third-order valence-electron chi connectivity index (χ3n) is 4.15. The van der Waals surface area contributed by atoms with Crippen LogP contribution < -0.4 is 5.32 Å². The molecule has 2 heterocycles. The number of hydrogen-bond donors (Lipinski definition) is 1. The van der Waals surface area contributed by atoms with Gasteiger partial charge in [-0.05, 0) is 13.8 Å². The number of ether oxygens (including phenoxy) is 1. The van der Waals surface area contributed by atoms with E-state index in [2.05, 4.69) is 34.0 Å². The Kier molecular flexibility index (Phi) is 5.73. The predicted octanol–water partition coefficient (Wildman–Crippen LogP) is 1.98. The molecular formula is C19H24N4O2. The molecule has 25 heavy (non-hydrogen) atoms. The topological polar surface area (TPSA) is 67.4 Å². The molecule has 132 valence electrons. The number of amides is 1. The van der Waals surface area contributed by atoms with E-state index < -0.39 is 0 Å². The minimum Gasteiger partial charge on any atom is -0.373 e. The van der Waals surface area contributed by atoms with Crippen molar-refractivity contribution >= 4 is 5.91 Å². The number of aromatic nitrogens is 2. The van der Waals surface area contributed by atoms with Crippen LogP contribution in [0.1, 0.15) is 24.2 Å². The second-order valence-electron chi connectivity index (χ2n) is 6.43. The Labute approximate surface area is 148 Å². The van der Waals surface area contributed by atoms with E-state index >= 15 is 0 Å². The summed E-state index contributed by atoms with van der Waals surface area (Å²) in [6.45, 7) is 7.36. The maximum atomic E-state index is 12.2. The summed E-state index contributed by atoms with van der Waals surface area (Å²) in [6.07, 6.45) is 3.62. The van der Waals surface area contributed by atoms with Crippen LogP contribution in [-0.2, 0) is 4.74 Å². The number of nitrogens with zero attached hydrogens (tertiary/aromatic N) is 3. The largest absolute Gasteiger partial charge is 0.373 e. The molecule has 6 heteroatoms. The first kappa shape index (κ1) is 17.5. The van der Waals surface area contributed by atoms with E-state index in [1.54, 1.807) is 12.4 Å². The number of rotatable bonds is 5. The number of carbonyl (C=O) groups is 1. The monoisotopic (exact) mass is 340 g/mol. The van der Waals surface area contributed by atoms with Gasteiger partial charge >= 0.3 is 0 Å². The molecule has 1 aromatic heterocycles. The van der Waals surface area contributed by atoms with Gasteiger partial charge in [0, 0.05) is 44.1 Å². The highest BCUT2D eigenvalue weighted by Gasteiger charge is 2.21. The molecule has 0 radical (unpaired) electrons. The van der Waals surface area contributed by atoms with E-state index in [0.717, 1.165) is 25.2 Å². The number of nitrogens with one attached hydrogen (secondary N) is 1. The molecule has 1 aromatic carbocycles. The predicted molar refractivity (Wildman–Crippen MR) is 96.3 cm³/mol. The standard InChI is InChI=1S/C19H24N4O2/c1-14-12-23(13-15(2)25-14)9-8-20-19(24)17-10-21-18(22-11-17)16-6-4-3-5-7-16/h3-7,10-11,14-15H,8-9,12-13H2,1-2H3,(H,20,24)/t14-,15+. The van der Waals surface area contributed by atoms with Crippen LogP contribution in [0.2, 0.25) is 0 Å². The molecule has 0 aliphatic carbocycles. The van der Waals surface area contributed by atoms with Crippen molar-refractivity contribution in [2.75, 3.05) is 26.2 Å². The van der Waals surface area contributed by atoms with Crippen LogP contribution in [0.5, 0.6) is 0 Å². The van der Waals surface area contributed by atoms with Crippen molar-refractivity contribution in [1.82, 2.24) is 20.2 Å². The summed E-state index contributed by atoms with van der Waals surface area (Å²) in [5.74, 6) is 0.474. The first-order valence-corrected chi connectivity index (χ1v) is 8.65. The van der Waals surface area contributed by atoms with E-state index in [0.29, 0.717) is 17.9 Å². The summed E-state index contributed by atoms with van der Waals surface area (Å²) in [5.41, 5.74) is 1.41. The molecule has 1 fully saturated rings. The van der Waals surface area contributed by atoms with Gasteiger partial charge in [-0.3, -0.25) is 9.69 Å². The van der Waals surface area contributed by atoms with Crippen LogP contribution in [0.4, 0.5) is 0 Å². The quantitative estimate of drug-likeness (QED) is 0.901. The van der Waals surface area contributed by atoms with Crippen LogP contribution in [0.3, 0.4) is 0 Å². The molecule has 0 unspecified atom stereocenters. The summed E-state index contributed by atoms with van der Waals surface area (Å²) in [6, 6.07) is 9.71. The number of benzene rings is 1. The van der Waals surface area contributed by atoms with E-state index in [4.69, 9.17) is 4.74 Å². The second-order valence-corrected chi connectivity index (χ2v) is 6.43. The van der Waals surface area contributed by atoms with Gasteiger partial charge in [-0.15, -0.1) is 0 Å². The second kappa shape index (κ2) is 8.18. The Hall–Kier alpha value is -2.31. The molecule has 1 aliphatic heterocycles. The normalized spacial score (nSPS) is 21.0. The van der Waals surface area contributed by atoms with Crippen LogP contribution in [0.15, 0.2) is 42.7 Å². The van der Waals surface area contributed by atoms with Gasteiger partial charge in [-0.25, -0.2) is 9.97 Å². The lowest BCUT2D eigenvalue weighted by molar-refractivity contribution is -0.0672. The first-order chi connectivity index (χ1) is 12.1. The number of morpholine rings is 1. The maximum absolute atomic E-state index is 12.2. The zero-order chi connectivity index (χ0) is 17.6. The fraction of sp³-hybridized carbons (Fsp3) is 0.421. The van der Waals surface area contributed by atoms with Gasteiger partial charge in [0.05, 0.1) is 17.8 Å². The van der Waals surface area contributed by atoms with E-state index in [1.165, 1.54) is 0 Å². The van der Waals surface area contributed by atoms with E-state index in [9.17, 15) is 4.79 Å². The lowest BCUT2D eigenvalue weighted by Gasteiger charge is -2.35. The molecular weight excluding hydrogens is 316 g/mol. The van der Waals surface area contributed by atoms with Crippen molar-refractivity contribution in [3.05, 3.63) is 48.3 Å². The van der Waals surface area contributed by atoms with Gasteiger partial charge in [0.25, 0.3) is 5.91 Å². The minimum atomic E-state index is -0.144. The van der Waals surface area contributed by atoms with Gasteiger partial charge in [0.1, 0.15) is 0 Å². The Bertz CT molecular complexity index is 680. The average molecular weight is 340 g/mol. The van der Waals surface area contributed by atoms with Crippen molar-refractivity contribution in [3.63, 3.8) is 0 Å². The van der Waals surface area contributed by atoms with Gasteiger partial charge in [0.2, 0.25) is 0 Å². The Morgan fingerprint density at radius 1 is 1.16 bits per heavy atom. The van der Waals surface area contributed by atoms with Crippen molar-refractivity contribution in [3.8, 4) is 11.4 Å². The molecule has 0 saturated carbocycles. The maximum Gasteiger partial charge on any atom is 0.254 e. The van der Waals surface area contributed by atoms with Gasteiger partial charge in [-0.1, -0.05) is 30.3 Å². The average Bonchev–Trinajstić information content (AvgIpc) is 2.62. The molecule has 2 atom stereocenters. The Balaban J connectivity index is 1.50. The van der Waals surface area contributed by atoms with Crippen LogP contribution in [-0.4, -0.2) is 59.2 Å². The zero-order valence-corrected chi connectivity index (χ0v) is 14.7. The smallest absolute Gasteiger partial charge is 0.254 e. The molecule has 1 aliphatic rings. The molecule has 0 spiro atoms. The van der Waals surface area contributed by atoms with Gasteiger partial charge in [-0.2, -0.15) is 0 Å². The van der Waals surface area contributed by atoms with Crippen molar-refractivity contribution in [2.45, 2.75) is 26.1 Å². The first-order valence-electron chi connectivity index (χ1n) is 8.65. The van der Waals surface area contributed by atoms with Crippen LogP contribution in [0, 0.1) is 0 Å². The molecule has 1 saturated heterocycles. The zero-order valence-electron chi connectivity index (χ0n) is 14.7. The van der Waals surface area contributed by atoms with Gasteiger partial charge in [0.15, 0.2) is 5.82 Å². The number of hydrogen-bond acceptors (Lipinski definition) is 5. The molecule has 6 nitrogen and oxygen atoms in total. The minimum absolute atomic E-state index is 0.144. The van der Waals surface area contributed by atoms with Gasteiger partial charge < -0.3 is 10.1 Å². The molecule has 1 N–H and O–H groups in total. The fourth-order valence-corrected chi connectivity index (χ4v) is 3.08. The molecule has 3 rings (SSSR count). The fourth-order valence-electron chi connectivity index (χ4n) is 3.08. The van der Waals surface area contributed by atoms with E-state index in [1.807, 2.05) is 30.3 Å². The molecule has 0 bridgehead atoms. The highest BCUT2D eigenvalue weighted by Crippen LogP contribution is 2.13. The van der Waals surface area contributed by atoms with Crippen LogP contribution in [0.25, 0.3) is 11.4 Å². The highest BCUT2D eigenvalue weighted by molar-refractivity contribution is 5.93. The summed E-state index contributed by atoms with van der Waals surface area (Å²) in [4.78, 5) is 23.1. The third kappa shape index (κ3) is 4.84. The lowest BCUT2D eigenvalue weighted by atomic mass is 10.2. The van der Waals surface area contributed by atoms with Crippen molar-refractivity contribution < 1.29 is 9.53 Å². The number of carbonyl (C=O) groups excluding carboxylic acids is 1. The summed E-state index contributed by atoms with van der Waals surface area (Å²) >= 11 is 0. The summed E-state index contributed by atoms with van der Waals surface area (Å²) in [5, 5.41) is 2.93. The molecule has 2 aromatic rings. The third-order valence-corrected chi connectivity index (χ3v) is 4.15. The van der Waals surface area contributed by atoms with E-state index in [-0.39, 0.29) is 18.1 Å². The Morgan fingerprint density at radius 3 is 2.44 bits per heavy atom.